The molecule has 0 fully saturated rings. The monoisotopic (exact) mass is 179 g/mol. The number of rotatable bonds is 3. The molecule has 2 nitrogen and oxygen atoms in total. The Balaban J connectivity index is 2.84. The molecule has 2 heteroatoms. The molecule has 0 amide bonds. The fourth-order valence-electron chi connectivity index (χ4n) is 1.35. The Labute approximate surface area is 79.4 Å². The second kappa shape index (κ2) is 4.28. The second-order valence-corrected chi connectivity index (χ2v) is 3.42. The van der Waals surface area contributed by atoms with Crippen molar-refractivity contribution in [2.24, 2.45) is 0 Å². The Hall–Kier alpha value is -1.02. The fraction of sp³-hybridized carbons (Fsp3) is 0.455. The Morgan fingerprint density at radius 2 is 2.15 bits per heavy atom. The van der Waals surface area contributed by atoms with Crippen molar-refractivity contribution in [1.29, 1.82) is 0 Å². The van der Waals surface area contributed by atoms with Crippen molar-refractivity contribution >= 4 is 5.69 Å². The lowest BCUT2D eigenvalue weighted by Crippen LogP contribution is -1.98. The van der Waals surface area contributed by atoms with Gasteiger partial charge in [-0.2, -0.15) is 0 Å². The minimum absolute atomic E-state index is 0.343. The van der Waals surface area contributed by atoms with Crippen molar-refractivity contribution in [3.63, 3.8) is 0 Å². The molecule has 1 atom stereocenters. The van der Waals surface area contributed by atoms with Crippen molar-refractivity contribution in [2.75, 3.05) is 5.73 Å². The molecule has 13 heavy (non-hydrogen) atoms. The number of hydrogen-bond donors (Lipinski definition) is 2. The highest BCUT2D eigenvalue weighted by Gasteiger charge is 2.06. The largest absolute Gasteiger partial charge is 0.399 e. The van der Waals surface area contributed by atoms with Crippen LogP contribution in [-0.4, -0.2) is 5.11 Å². The Kier molecular flexibility index (Phi) is 3.32. The summed E-state index contributed by atoms with van der Waals surface area (Å²) < 4.78 is 0. The van der Waals surface area contributed by atoms with E-state index in [0.717, 1.165) is 29.7 Å². The van der Waals surface area contributed by atoms with E-state index >= 15 is 0 Å². The van der Waals surface area contributed by atoms with Crippen molar-refractivity contribution in [3.8, 4) is 0 Å². The van der Waals surface area contributed by atoms with Crippen LogP contribution in [0.1, 0.15) is 37.0 Å². The van der Waals surface area contributed by atoms with E-state index in [1.165, 1.54) is 0 Å². The molecular weight excluding hydrogens is 162 g/mol. The van der Waals surface area contributed by atoms with Gasteiger partial charge in [-0.1, -0.05) is 25.5 Å². The standard InChI is InChI=1S/C11H17NO/c1-3-4-11(13)9-5-6-10(12)8(2)7-9/h5-7,11,13H,3-4,12H2,1-2H3. The zero-order valence-electron chi connectivity index (χ0n) is 8.25. The molecule has 1 rings (SSSR count). The van der Waals surface area contributed by atoms with Crippen LogP contribution in [0.3, 0.4) is 0 Å². The normalized spacial score (nSPS) is 12.8. The molecule has 1 aromatic rings. The van der Waals surface area contributed by atoms with Gasteiger partial charge in [-0.15, -0.1) is 0 Å². The van der Waals surface area contributed by atoms with Gasteiger partial charge in [0.25, 0.3) is 0 Å². The van der Waals surface area contributed by atoms with E-state index in [0.29, 0.717) is 0 Å². The van der Waals surface area contributed by atoms with Crippen LogP contribution < -0.4 is 5.73 Å². The Morgan fingerprint density at radius 3 is 2.69 bits per heavy atom. The van der Waals surface area contributed by atoms with Crippen LogP contribution in [0.2, 0.25) is 0 Å². The van der Waals surface area contributed by atoms with Crippen LogP contribution in [0.25, 0.3) is 0 Å². The van der Waals surface area contributed by atoms with Gasteiger partial charge in [0.2, 0.25) is 0 Å². The molecule has 72 valence electrons. The minimum atomic E-state index is -0.343. The number of benzene rings is 1. The molecule has 1 aromatic carbocycles. The summed E-state index contributed by atoms with van der Waals surface area (Å²) in [6.07, 6.45) is 1.46. The fourth-order valence-corrected chi connectivity index (χ4v) is 1.35. The maximum absolute atomic E-state index is 9.70. The second-order valence-electron chi connectivity index (χ2n) is 3.42. The number of nitrogen functional groups attached to an aromatic ring is 1. The summed E-state index contributed by atoms with van der Waals surface area (Å²) in [6, 6.07) is 5.70. The number of aryl methyl sites for hydroxylation is 1. The molecule has 0 bridgehead atoms. The highest BCUT2D eigenvalue weighted by atomic mass is 16.3. The molecule has 0 spiro atoms. The smallest absolute Gasteiger partial charge is 0.0790 e. The van der Waals surface area contributed by atoms with E-state index in [2.05, 4.69) is 6.92 Å². The molecule has 0 aliphatic heterocycles. The van der Waals surface area contributed by atoms with Crippen LogP contribution in [0, 0.1) is 6.92 Å². The quantitative estimate of drug-likeness (QED) is 0.700. The Bertz CT molecular complexity index is 283. The Morgan fingerprint density at radius 1 is 1.46 bits per heavy atom. The number of aliphatic hydroxyl groups is 1. The van der Waals surface area contributed by atoms with Gasteiger partial charge in [0, 0.05) is 5.69 Å². The highest BCUT2D eigenvalue weighted by Crippen LogP contribution is 2.21. The van der Waals surface area contributed by atoms with Crippen molar-refractivity contribution in [2.45, 2.75) is 32.8 Å². The molecule has 0 aliphatic rings. The SMILES string of the molecule is CCCC(O)c1ccc(N)c(C)c1. The van der Waals surface area contributed by atoms with E-state index in [1.54, 1.807) is 0 Å². The van der Waals surface area contributed by atoms with Gasteiger partial charge < -0.3 is 10.8 Å². The lowest BCUT2D eigenvalue weighted by atomic mass is 10.0. The first kappa shape index (κ1) is 10.1. The molecule has 0 aromatic heterocycles. The number of anilines is 1. The first-order valence-corrected chi connectivity index (χ1v) is 4.69. The van der Waals surface area contributed by atoms with Crippen LogP contribution in [-0.2, 0) is 0 Å². The lowest BCUT2D eigenvalue weighted by molar-refractivity contribution is 0.166. The summed E-state index contributed by atoms with van der Waals surface area (Å²) in [6.45, 7) is 4.02. The van der Waals surface area contributed by atoms with E-state index in [1.807, 2.05) is 25.1 Å². The van der Waals surface area contributed by atoms with Gasteiger partial charge in [0.15, 0.2) is 0 Å². The maximum atomic E-state index is 9.70. The van der Waals surface area contributed by atoms with Crippen LogP contribution in [0.4, 0.5) is 5.69 Å². The van der Waals surface area contributed by atoms with Crippen molar-refractivity contribution in [1.82, 2.24) is 0 Å². The summed E-state index contributed by atoms with van der Waals surface area (Å²) in [5, 5.41) is 9.70. The molecular formula is C11H17NO. The first-order chi connectivity index (χ1) is 6.15. The zero-order chi connectivity index (χ0) is 9.84. The number of hydrogen-bond acceptors (Lipinski definition) is 2. The summed E-state index contributed by atoms with van der Waals surface area (Å²) in [5.74, 6) is 0. The van der Waals surface area contributed by atoms with Crippen molar-refractivity contribution in [3.05, 3.63) is 29.3 Å². The summed E-state index contributed by atoms with van der Waals surface area (Å²) >= 11 is 0. The van der Waals surface area contributed by atoms with Crippen LogP contribution in [0.15, 0.2) is 18.2 Å². The molecule has 0 saturated heterocycles. The number of nitrogens with two attached hydrogens (primary N) is 1. The minimum Gasteiger partial charge on any atom is -0.399 e. The van der Waals surface area contributed by atoms with Gasteiger partial charge in [-0.3, -0.25) is 0 Å². The average molecular weight is 179 g/mol. The summed E-state index contributed by atoms with van der Waals surface area (Å²) in [7, 11) is 0. The molecule has 0 saturated carbocycles. The van der Waals surface area contributed by atoms with Crippen molar-refractivity contribution < 1.29 is 5.11 Å². The molecule has 0 radical (unpaired) electrons. The van der Waals surface area contributed by atoms with Gasteiger partial charge in [0.1, 0.15) is 0 Å². The molecule has 3 N–H and O–H groups in total. The third-order valence-corrected chi connectivity index (χ3v) is 2.24. The van der Waals surface area contributed by atoms with Gasteiger partial charge in [-0.25, -0.2) is 0 Å². The summed E-state index contributed by atoms with van der Waals surface area (Å²) in [5.41, 5.74) is 8.47. The molecule has 0 aliphatic carbocycles. The predicted molar refractivity (Wildman–Crippen MR) is 55.5 cm³/mol. The van der Waals surface area contributed by atoms with E-state index < -0.39 is 0 Å². The third-order valence-electron chi connectivity index (χ3n) is 2.24. The topological polar surface area (TPSA) is 46.2 Å². The third kappa shape index (κ3) is 2.46. The van der Waals surface area contributed by atoms with Gasteiger partial charge >= 0.3 is 0 Å². The number of aliphatic hydroxyl groups excluding tert-OH is 1. The summed E-state index contributed by atoms with van der Waals surface area (Å²) in [4.78, 5) is 0. The van der Waals surface area contributed by atoms with E-state index in [4.69, 9.17) is 5.73 Å². The predicted octanol–water partition coefficient (Wildman–Crippen LogP) is 2.41. The maximum Gasteiger partial charge on any atom is 0.0790 e. The zero-order valence-corrected chi connectivity index (χ0v) is 8.25. The highest BCUT2D eigenvalue weighted by molar-refractivity contribution is 5.48. The first-order valence-electron chi connectivity index (χ1n) is 4.69. The van der Waals surface area contributed by atoms with E-state index in [9.17, 15) is 5.11 Å². The molecule has 1 unspecified atom stereocenters. The van der Waals surface area contributed by atoms with Gasteiger partial charge in [-0.05, 0) is 30.5 Å². The van der Waals surface area contributed by atoms with E-state index in [-0.39, 0.29) is 6.10 Å². The van der Waals surface area contributed by atoms with Crippen LogP contribution >= 0.6 is 0 Å². The van der Waals surface area contributed by atoms with Gasteiger partial charge in [0.05, 0.1) is 6.10 Å². The lowest BCUT2D eigenvalue weighted by Gasteiger charge is -2.11. The van der Waals surface area contributed by atoms with Crippen LogP contribution in [0.5, 0.6) is 0 Å². The average Bonchev–Trinajstić information content (AvgIpc) is 2.10. The molecule has 0 heterocycles.